The smallest absolute Gasteiger partial charge is 0.333 e. The molecule has 0 aliphatic rings. The summed E-state index contributed by atoms with van der Waals surface area (Å²) in [6.45, 7) is 24.5. The second-order valence-electron chi connectivity index (χ2n) is 9.13. The van der Waals surface area contributed by atoms with E-state index in [1.165, 1.54) is 24.2 Å². The molecule has 0 rings (SSSR count). The lowest BCUT2D eigenvalue weighted by atomic mass is 9.86. The number of hydrogen-bond acceptors (Lipinski definition) is 5. The van der Waals surface area contributed by atoms with Crippen molar-refractivity contribution >= 4 is 18.3 Å². The predicted octanol–water partition coefficient (Wildman–Crippen LogP) is 5.34. The van der Waals surface area contributed by atoms with Crippen molar-refractivity contribution in [1.82, 2.24) is 15.5 Å². The van der Waals surface area contributed by atoms with E-state index in [9.17, 15) is 14.4 Å². The van der Waals surface area contributed by atoms with Gasteiger partial charge in [0.25, 0.3) is 0 Å². The molecule has 7 heteroatoms. The Balaban J connectivity index is -0.000000286. The molecule has 0 aliphatic carbocycles. The summed E-state index contributed by atoms with van der Waals surface area (Å²) < 4.78 is 4.87. The number of esters is 1. The van der Waals surface area contributed by atoms with E-state index < -0.39 is 17.4 Å². The second kappa shape index (κ2) is 22.9. The molecule has 0 bridgehead atoms. The summed E-state index contributed by atoms with van der Waals surface area (Å²) in [6.07, 6.45) is 5.83. The molecule has 2 amide bonds. The molecule has 1 atom stereocenters. The summed E-state index contributed by atoms with van der Waals surface area (Å²) in [5.41, 5.74) is 0.429. The quantitative estimate of drug-likeness (QED) is 0.247. The van der Waals surface area contributed by atoms with E-state index in [4.69, 9.17) is 4.74 Å². The fourth-order valence-corrected chi connectivity index (χ4v) is 2.28. The summed E-state index contributed by atoms with van der Waals surface area (Å²) >= 11 is 0. The third kappa shape index (κ3) is 19.6. The van der Waals surface area contributed by atoms with Gasteiger partial charge < -0.3 is 20.3 Å². The van der Waals surface area contributed by atoms with E-state index in [1.807, 2.05) is 41.7 Å². The largest absolute Gasteiger partial charge is 0.463 e. The maximum absolute atomic E-state index is 12.3. The molecule has 0 aromatic rings. The minimum absolute atomic E-state index is 0.206. The van der Waals surface area contributed by atoms with Gasteiger partial charge in [0.15, 0.2) is 0 Å². The molecule has 0 radical (unpaired) electrons. The highest BCUT2D eigenvalue weighted by Gasteiger charge is 2.32. The van der Waals surface area contributed by atoms with E-state index in [0.717, 1.165) is 0 Å². The molecule has 0 saturated carbocycles. The zero-order valence-electron chi connectivity index (χ0n) is 24.8. The SMILES string of the molecule is CC.CCC.CCC(C)(CC)NC.CCOC(=O)/C(C)=C/CN(C)C(=O)C(NC=O)C(C)(C)C. The molecule has 34 heavy (non-hydrogen) atoms. The summed E-state index contributed by atoms with van der Waals surface area (Å²) in [6, 6.07) is -0.615. The molecule has 0 aromatic heterocycles. The number of likely N-dealkylation sites (N-methyl/N-ethyl adjacent to an activating group) is 1. The van der Waals surface area contributed by atoms with Crippen LogP contribution in [0.4, 0.5) is 0 Å². The van der Waals surface area contributed by atoms with Gasteiger partial charge in [-0.1, -0.05) is 74.8 Å². The van der Waals surface area contributed by atoms with Crippen molar-refractivity contribution in [3.63, 3.8) is 0 Å². The lowest BCUT2D eigenvalue weighted by Gasteiger charge is -2.32. The normalized spacial score (nSPS) is 11.8. The van der Waals surface area contributed by atoms with Crippen LogP contribution in [-0.4, -0.2) is 62.0 Å². The first kappa shape index (κ1) is 39.3. The molecule has 2 N–H and O–H groups in total. The predicted molar refractivity (Wildman–Crippen MR) is 146 cm³/mol. The average Bonchev–Trinajstić information content (AvgIpc) is 2.81. The Morgan fingerprint density at radius 3 is 1.71 bits per heavy atom. The molecule has 0 aliphatic heterocycles. The van der Waals surface area contributed by atoms with Crippen LogP contribution in [0.15, 0.2) is 11.6 Å². The molecule has 0 spiro atoms. The topological polar surface area (TPSA) is 87.7 Å². The number of carbonyl (C=O) groups is 3. The van der Waals surface area contributed by atoms with Gasteiger partial charge in [-0.3, -0.25) is 9.59 Å². The third-order valence-corrected chi connectivity index (χ3v) is 5.16. The molecule has 0 aromatic carbocycles. The van der Waals surface area contributed by atoms with E-state index in [1.54, 1.807) is 27.0 Å². The summed E-state index contributed by atoms with van der Waals surface area (Å²) in [7, 11) is 3.65. The van der Waals surface area contributed by atoms with Crippen LogP contribution in [0.2, 0.25) is 0 Å². The number of ether oxygens (including phenoxy) is 1. The van der Waals surface area contributed by atoms with Crippen LogP contribution in [0, 0.1) is 5.41 Å². The highest BCUT2D eigenvalue weighted by atomic mass is 16.5. The minimum atomic E-state index is -0.615. The van der Waals surface area contributed by atoms with Crippen LogP contribution in [-0.2, 0) is 19.1 Å². The van der Waals surface area contributed by atoms with E-state index >= 15 is 0 Å². The summed E-state index contributed by atoms with van der Waals surface area (Å²) in [5, 5.41) is 5.83. The number of carbonyl (C=O) groups excluding carboxylic acids is 3. The Labute approximate surface area is 211 Å². The molecule has 0 heterocycles. The third-order valence-electron chi connectivity index (χ3n) is 5.16. The average molecular weight is 488 g/mol. The molecular weight excluding hydrogens is 430 g/mol. The molecule has 0 fully saturated rings. The van der Waals surface area contributed by atoms with E-state index in [-0.39, 0.29) is 12.5 Å². The summed E-state index contributed by atoms with van der Waals surface area (Å²) in [4.78, 5) is 35.9. The highest BCUT2D eigenvalue weighted by Crippen LogP contribution is 2.20. The van der Waals surface area contributed by atoms with Crippen molar-refractivity contribution in [2.75, 3.05) is 27.2 Å². The van der Waals surface area contributed by atoms with Crippen LogP contribution < -0.4 is 10.6 Å². The van der Waals surface area contributed by atoms with Crippen LogP contribution in [0.1, 0.15) is 102 Å². The van der Waals surface area contributed by atoms with Gasteiger partial charge in [-0.05, 0) is 46.1 Å². The van der Waals surface area contributed by atoms with Crippen molar-refractivity contribution in [3.05, 3.63) is 11.6 Å². The second-order valence-corrected chi connectivity index (χ2v) is 9.13. The number of hydrogen-bond donors (Lipinski definition) is 2. The zero-order valence-corrected chi connectivity index (χ0v) is 24.8. The van der Waals surface area contributed by atoms with Crippen molar-refractivity contribution in [2.45, 2.75) is 114 Å². The lowest BCUT2D eigenvalue weighted by Crippen LogP contribution is -2.51. The first-order valence-electron chi connectivity index (χ1n) is 12.7. The fourth-order valence-electron chi connectivity index (χ4n) is 2.28. The first-order chi connectivity index (χ1) is 15.7. The zero-order chi connectivity index (χ0) is 28.0. The van der Waals surface area contributed by atoms with Crippen LogP contribution in [0.5, 0.6) is 0 Å². The lowest BCUT2D eigenvalue weighted by molar-refractivity contribution is -0.138. The fraction of sp³-hybridized carbons (Fsp3) is 0.815. The summed E-state index contributed by atoms with van der Waals surface area (Å²) in [5.74, 6) is -0.598. The van der Waals surface area contributed by atoms with E-state index in [2.05, 4.69) is 45.3 Å². The van der Waals surface area contributed by atoms with Crippen LogP contribution in [0.25, 0.3) is 0 Å². The molecule has 1 unspecified atom stereocenters. The Kier molecular flexibility index (Phi) is 26.5. The highest BCUT2D eigenvalue weighted by molar-refractivity contribution is 5.88. The van der Waals surface area contributed by atoms with Gasteiger partial charge in [0.1, 0.15) is 6.04 Å². The monoisotopic (exact) mass is 487 g/mol. The molecule has 7 nitrogen and oxygen atoms in total. The van der Waals surface area contributed by atoms with Gasteiger partial charge >= 0.3 is 5.97 Å². The Morgan fingerprint density at radius 2 is 1.44 bits per heavy atom. The van der Waals surface area contributed by atoms with Crippen molar-refractivity contribution in [3.8, 4) is 0 Å². The van der Waals surface area contributed by atoms with Gasteiger partial charge in [-0.25, -0.2) is 4.79 Å². The van der Waals surface area contributed by atoms with Crippen molar-refractivity contribution < 1.29 is 19.1 Å². The molecule has 204 valence electrons. The number of rotatable bonds is 10. The van der Waals surface area contributed by atoms with Crippen molar-refractivity contribution in [1.29, 1.82) is 0 Å². The Hall–Kier alpha value is -1.89. The maximum atomic E-state index is 12.3. The van der Waals surface area contributed by atoms with Gasteiger partial charge in [0.2, 0.25) is 12.3 Å². The van der Waals surface area contributed by atoms with Gasteiger partial charge in [0.05, 0.1) is 6.61 Å². The van der Waals surface area contributed by atoms with Crippen LogP contribution >= 0.6 is 0 Å². The number of amides is 2. The minimum Gasteiger partial charge on any atom is -0.463 e. The number of nitrogens with one attached hydrogen (secondary N) is 2. The first-order valence-corrected chi connectivity index (χ1v) is 12.7. The standard InChI is InChI=1S/C15H26N2O4.C7H17N.C3H8.C2H6/c1-7-21-14(20)11(2)8-9-17(6)13(19)12(16-10-18)15(3,4)5;1-5-7(3,6-2)8-4;1-3-2;1-2/h8,10,12H,7,9H2,1-6H3,(H,16,18);8H,5-6H2,1-4H3;3H2,1-2H3;1-2H3/b11-8+;;;. The van der Waals surface area contributed by atoms with Gasteiger partial charge in [-0.15, -0.1) is 0 Å². The number of nitrogens with zero attached hydrogens (tertiary/aromatic N) is 1. The Morgan fingerprint density at radius 1 is 1.00 bits per heavy atom. The van der Waals surface area contributed by atoms with Gasteiger partial charge in [0, 0.05) is 24.7 Å². The van der Waals surface area contributed by atoms with Crippen LogP contribution in [0.3, 0.4) is 0 Å². The molecular formula is C27H57N3O4. The van der Waals surface area contributed by atoms with Gasteiger partial charge in [-0.2, -0.15) is 0 Å². The van der Waals surface area contributed by atoms with E-state index in [0.29, 0.717) is 24.1 Å². The molecule has 0 saturated heterocycles. The Bertz CT molecular complexity index is 542. The van der Waals surface area contributed by atoms with Crippen molar-refractivity contribution in [2.24, 2.45) is 5.41 Å². The maximum Gasteiger partial charge on any atom is 0.333 e.